The molecule has 0 unspecified atom stereocenters. The van der Waals surface area contributed by atoms with Crippen LogP contribution in [0.15, 0.2) is 212 Å². The van der Waals surface area contributed by atoms with Crippen molar-refractivity contribution in [1.29, 1.82) is 0 Å². The van der Waals surface area contributed by atoms with Crippen molar-refractivity contribution in [1.82, 2.24) is 4.57 Å². The molecule has 1 aromatic heterocycles. The molecule has 0 saturated carbocycles. The molecule has 9 aromatic carbocycles. The van der Waals surface area contributed by atoms with Crippen LogP contribution in [0, 0.1) is 0 Å². The highest BCUT2D eigenvalue weighted by Crippen LogP contribution is 2.52. The summed E-state index contributed by atoms with van der Waals surface area (Å²) in [5.74, 6) is 0. The Morgan fingerprint density at radius 3 is 1.73 bits per heavy atom. The van der Waals surface area contributed by atoms with Crippen molar-refractivity contribution >= 4 is 66.7 Å². The first-order valence-corrected chi connectivity index (χ1v) is 18.9. The van der Waals surface area contributed by atoms with E-state index in [4.69, 9.17) is 0 Å². The maximum absolute atomic E-state index is 2.43. The van der Waals surface area contributed by atoms with Gasteiger partial charge < -0.3 is 14.4 Å². The molecule has 0 bridgehead atoms. The Kier molecular flexibility index (Phi) is 7.17. The van der Waals surface area contributed by atoms with Gasteiger partial charge in [-0.1, -0.05) is 133 Å². The van der Waals surface area contributed by atoms with Gasteiger partial charge in [0.1, 0.15) is 0 Å². The molecule has 258 valence electrons. The number of rotatable bonds is 6. The van der Waals surface area contributed by atoms with Gasteiger partial charge in [-0.05, 0) is 101 Å². The molecule has 1 aliphatic heterocycles. The first-order valence-electron chi connectivity index (χ1n) is 18.9. The van der Waals surface area contributed by atoms with E-state index < -0.39 is 0 Å². The Balaban J connectivity index is 1.14. The zero-order valence-electron chi connectivity index (χ0n) is 30.0. The molecule has 0 atom stereocenters. The van der Waals surface area contributed by atoms with Crippen LogP contribution in [-0.4, -0.2) is 4.57 Å². The van der Waals surface area contributed by atoms with Crippen LogP contribution in [0.5, 0.6) is 0 Å². The van der Waals surface area contributed by atoms with Gasteiger partial charge in [-0.2, -0.15) is 0 Å². The quantitative estimate of drug-likeness (QED) is 0.171. The monoisotopic (exact) mass is 701 g/mol. The molecule has 3 nitrogen and oxygen atoms in total. The van der Waals surface area contributed by atoms with Crippen LogP contribution in [0.1, 0.15) is 0 Å². The SMILES string of the molecule is c1ccc(-c2ccc(N(c3ccc4c(c3)N(c3ccccc3)c3cccc5cccc-4c35)c3ccc4c(c3)c3ccccc3n4-c3ccccc3)cc2)cc1. The van der Waals surface area contributed by atoms with Gasteiger partial charge in [0, 0.05) is 50.2 Å². The van der Waals surface area contributed by atoms with Gasteiger partial charge in [0.15, 0.2) is 0 Å². The van der Waals surface area contributed by atoms with Gasteiger partial charge in [0.2, 0.25) is 0 Å². The molecule has 10 aromatic rings. The van der Waals surface area contributed by atoms with Crippen molar-refractivity contribution in [3.8, 4) is 27.9 Å². The Labute approximate surface area is 320 Å². The maximum Gasteiger partial charge on any atom is 0.0561 e. The van der Waals surface area contributed by atoms with E-state index in [1.54, 1.807) is 0 Å². The molecule has 0 saturated heterocycles. The van der Waals surface area contributed by atoms with Crippen molar-refractivity contribution in [3.05, 3.63) is 212 Å². The Hall–Kier alpha value is -7.36. The Morgan fingerprint density at radius 1 is 0.345 bits per heavy atom. The lowest BCUT2D eigenvalue weighted by Crippen LogP contribution is -2.16. The van der Waals surface area contributed by atoms with E-state index in [2.05, 4.69) is 227 Å². The Morgan fingerprint density at radius 2 is 0.945 bits per heavy atom. The fourth-order valence-electron chi connectivity index (χ4n) is 8.62. The van der Waals surface area contributed by atoms with E-state index in [1.807, 2.05) is 0 Å². The summed E-state index contributed by atoms with van der Waals surface area (Å²) >= 11 is 0. The molecule has 0 spiro atoms. The zero-order valence-corrected chi connectivity index (χ0v) is 30.0. The average Bonchev–Trinajstić information content (AvgIpc) is 3.59. The smallest absolute Gasteiger partial charge is 0.0561 e. The third-order valence-corrected chi connectivity index (χ3v) is 11.1. The summed E-state index contributed by atoms with van der Waals surface area (Å²) < 4.78 is 2.38. The topological polar surface area (TPSA) is 11.4 Å². The summed E-state index contributed by atoms with van der Waals surface area (Å²) in [6.07, 6.45) is 0. The second-order valence-corrected chi connectivity index (χ2v) is 14.2. The fourth-order valence-corrected chi connectivity index (χ4v) is 8.62. The number of aromatic nitrogens is 1. The highest BCUT2D eigenvalue weighted by Gasteiger charge is 2.27. The zero-order chi connectivity index (χ0) is 36.3. The van der Waals surface area contributed by atoms with Crippen LogP contribution in [0.25, 0.3) is 60.5 Å². The number of anilines is 6. The average molecular weight is 702 g/mol. The molecular weight excluding hydrogens is 667 g/mol. The number of fused-ring (bicyclic) bond motifs is 5. The summed E-state index contributed by atoms with van der Waals surface area (Å²) in [4.78, 5) is 4.84. The minimum atomic E-state index is 1.09. The summed E-state index contributed by atoms with van der Waals surface area (Å²) in [5, 5.41) is 4.97. The number of benzene rings is 9. The normalized spacial score (nSPS) is 12.0. The van der Waals surface area contributed by atoms with Crippen LogP contribution in [0.3, 0.4) is 0 Å². The standard InChI is InChI=1S/C52H35N3/c1-4-14-36(15-5-1)37-26-28-41(29-27-37)53(42-31-33-49-47(34-42)44-22-10-11-24-48(44)54(49)39-18-6-2-7-19-39)43-30-32-45-46-23-12-16-38-17-13-25-50(52(38)46)55(51(45)35-43)40-20-8-3-9-21-40/h1-35H. The lowest BCUT2D eigenvalue weighted by Gasteiger charge is -2.35. The van der Waals surface area contributed by atoms with Gasteiger partial charge >= 0.3 is 0 Å². The minimum absolute atomic E-state index is 1.09. The van der Waals surface area contributed by atoms with Crippen LogP contribution in [-0.2, 0) is 0 Å². The molecule has 0 amide bonds. The lowest BCUT2D eigenvalue weighted by molar-refractivity contribution is 1.18. The molecule has 0 fully saturated rings. The maximum atomic E-state index is 2.43. The first kappa shape index (κ1) is 31.2. The van der Waals surface area contributed by atoms with Crippen LogP contribution in [0.4, 0.5) is 34.1 Å². The van der Waals surface area contributed by atoms with E-state index in [1.165, 1.54) is 60.5 Å². The number of para-hydroxylation sites is 3. The molecule has 11 rings (SSSR count). The van der Waals surface area contributed by atoms with Crippen molar-refractivity contribution in [2.24, 2.45) is 0 Å². The summed E-state index contributed by atoms with van der Waals surface area (Å²) in [6, 6.07) is 77.0. The summed E-state index contributed by atoms with van der Waals surface area (Å²) in [7, 11) is 0. The second-order valence-electron chi connectivity index (χ2n) is 14.2. The molecule has 55 heavy (non-hydrogen) atoms. The Bertz CT molecular complexity index is 3020. The van der Waals surface area contributed by atoms with E-state index in [9.17, 15) is 0 Å². The van der Waals surface area contributed by atoms with Crippen LogP contribution < -0.4 is 9.80 Å². The van der Waals surface area contributed by atoms with Crippen molar-refractivity contribution < 1.29 is 0 Å². The predicted octanol–water partition coefficient (Wildman–Crippen LogP) is 14.5. The van der Waals surface area contributed by atoms with Crippen LogP contribution >= 0.6 is 0 Å². The van der Waals surface area contributed by atoms with Crippen LogP contribution in [0.2, 0.25) is 0 Å². The largest absolute Gasteiger partial charge is 0.310 e. The third kappa shape index (κ3) is 5.05. The highest BCUT2D eigenvalue weighted by molar-refractivity contribution is 6.14. The third-order valence-electron chi connectivity index (χ3n) is 11.1. The second kappa shape index (κ2) is 12.6. The number of hydrogen-bond acceptors (Lipinski definition) is 2. The van der Waals surface area contributed by atoms with Crippen molar-refractivity contribution in [3.63, 3.8) is 0 Å². The van der Waals surface area contributed by atoms with Gasteiger partial charge in [0.25, 0.3) is 0 Å². The van der Waals surface area contributed by atoms with Gasteiger partial charge in [-0.15, -0.1) is 0 Å². The molecule has 2 heterocycles. The van der Waals surface area contributed by atoms with E-state index >= 15 is 0 Å². The molecule has 0 N–H and O–H groups in total. The van der Waals surface area contributed by atoms with E-state index in [0.717, 1.165) is 34.1 Å². The lowest BCUT2D eigenvalue weighted by atomic mass is 9.90. The van der Waals surface area contributed by atoms with Crippen molar-refractivity contribution in [2.45, 2.75) is 0 Å². The predicted molar refractivity (Wildman–Crippen MR) is 232 cm³/mol. The summed E-state index contributed by atoms with van der Waals surface area (Å²) in [5.41, 5.74) is 15.2. The summed E-state index contributed by atoms with van der Waals surface area (Å²) in [6.45, 7) is 0. The fraction of sp³-hybridized carbons (Fsp3) is 0. The molecule has 0 radical (unpaired) electrons. The van der Waals surface area contributed by atoms with Gasteiger partial charge in [-0.25, -0.2) is 0 Å². The molecular formula is C52H35N3. The number of nitrogens with zero attached hydrogens (tertiary/aromatic N) is 3. The minimum Gasteiger partial charge on any atom is -0.310 e. The molecule has 0 aliphatic carbocycles. The highest BCUT2D eigenvalue weighted by atomic mass is 15.2. The first-order chi connectivity index (χ1) is 27.3. The van der Waals surface area contributed by atoms with Gasteiger partial charge in [-0.3, -0.25) is 0 Å². The van der Waals surface area contributed by atoms with Crippen molar-refractivity contribution in [2.75, 3.05) is 9.80 Å². The molecule has 1 aliphatic rings. The van der Waals surface area contributed by atoms with Gasteiger partial charge in [0.05, 0.1) is 22.4 Å². The van der Waals surface area contributed by atoms with E-state index in [0.29, 0.717) is 0 Å². The molecule has 3 heteroatoms. The number of hydrogen-bond donors (Lipinski definition) is 0. The van der Waals surface area contributed by atoms with E-state index in [-0.39, 0.29) is 0 Å².